The Morgan fingerprint density at radius 2 is 1.51 bits per heavy atom. The van der Waals surface area contributed by atoms with Gasteiger partial charge >= 0.3 is 5.97 Å². The highest BCUT2D eigenvalue weighted by atomic mass is 32.1. The van der Waals surface area contributed by atoms with Gasteiger partial charge in [0.2, 0.25) is 5.91 Å². The molecule has 2 aromatic heterocycles. The average molecular weight is 571 g/mol. The molecule has 1 atom stereocenters. The monoisotopic (exact) mass is 570 g/mol. The zero-order valence-corrected chi connectivity index (χ0v) is 24.6. The lowest BCUT2D eigenvalue weighted by Gasteiger charge is -2.18. The number of benzene rings is 2. The quantitative estimate of drug-likeness (QED) is 0.250. The third-order valence-corrected chi connectivity index (χ3v) is 7.97. The molecule has 212 valence electrons. The highest BCUT2D eigenvalue weighted by molar-refractivity contribution is 7.14. The molecule has 0 saturated carbocycles. The number of aromatic nitrogens is 2. The van der Waals surface area contributed by atoms with Crippen molar-refractivity contribution in [3.63, 3.8) is 0 Å². The van der Waals surface area contributed by atoms with E-state index in [1.165, 1.54) is 22.5 Å². The first kappa shape index (κ1) is 29.6. The number of rotatable bonds is 9. The standard InChI is InChI=1S/C32H34N4O4S/c1-19-12-20(2)14-23(13-19)24-16-33-29(34-17-24)22-8-6-21(7-9-22)15-25(30(39)35-18-28(37)38)36-31(40)26-10-11-27(41-26)32(3,4)5/h6-14,16-17,25H,15,18H2,1-5H3,(H,35,39)(H,36,40)(H,37,38). The summed E-state index contributed by atoms with van der Waals surface area (Å²) in [5, 5.41) is 14.2. The highest BCUT2D eigenvalue weighted by Crippen LogP contribution is 2.29. The zero-order chi connectivity index (χ0) is 29.7. The third kappa shape index (κ3) is 7.85. The Morgan fingerprint density at radius 3 is 2.07 bits per heavy atom. The van der Waals surface area contributed by atoms with Gasteiger partial charge in [-0.05, 0) is 42.5 Å². The van der Waals surface area contributed by atoms with Gasteiger partial charge in [0.05, 0.1) is 4.88 Å². The first-order valence-corrected chi connectivity index (χ1v) is 14.1. The van der Waals surface area contributed by atoms with Crippen LogP contribution in [0.15, 0.2) is 67.0 Å². The van der Waals surface area contributed by atoms with Crippen molar-refractivity contribution in [3.8, 4) is 22.5 Å². The van der Waals surface area contributed by atoms with Gasteiger partial charge in [-0.3, -0.25) is 14.4 Å². The maximum absolute atomic E-state index is 13.0. The van der Waals surface area contributed by atoms with Crippen molar-refractivity contribution >= 4 is 29.1 Å². The molecule has 0 aliphatic rings. The van der Waals surface area contributed by atoms with Gasteiger partial charge in [0.15, 0.2) is 5.82 Å². The highest BCUT2D eigenvalue weighted by Gasteiger charge is 2.25. The molecule has 9 heteroatoms. The summed E-state index contributed by atoms with van der Waals surface area (Å²) in [4.78, 5) is 47.5. The molecule has 2 aromatic carbocycles. The molecule has 1 unspecified atom stereocenters. The molecule has 0 aliphatic heterocycles. The molecule has 0 spiro atoms. The van der Waals surface area contributed by atoms with Crippen LogP contribution in [0.25, 0.3) is 22.5 Å². The van der Waals surface area contributed by atoms with Crippen LogP contribution in [-0.4, -0.2) is 45.4 Å². The lowest BCUT2D eigenvalue weighted by molar-refractivity contribution is -0.138. The van der Waals surface area contributed by atoms with Crippen LogP contribution in [0.2, 0.25) is 0 Å². The predicted molar refractivity (Wildman–Crippen MR) is 161 cm³/mol. The van der Waals surface area contributed by atoms with Gasteiger partial charge in [0.1, 0.15) is 12.6 Å². The molecule has 2 heterocycles. The number of aliphatic carboxylic acids is 1. The van der Waals surface area contributed by atoms with Gasteiger partial charge in [-0.1, -0.05) is 74.4 Å². The van der Waals surface area contributed by atoms with E-state index >= 15 is 0 Å². The van der Waals surface area contributed by atoms with E-state index in [4.69, 9.17) is 5.11 Å². The fraction of sp³-hybridized carbons (Fsp3) is 0.281. The van der Waals surface area contributed by atoms with Crippen LogP contribution in [-0.2, 0) is 21.4 Å². The third-order valence-electron chi connectivity index (χ3n) is 6.46. The summed E-state index contributed by atoms with van der Waals surface area (Å²) in [7, 11) is 0. The Morgan fingerprint density at radius 1 is 0.878 bits per heavy atom. The number of aryl methyl sites for hydroxylation is 2. The number of hydrogen-bond acceptors (Lipinski definition) is 6. The Labute approximate surface area is 243 Å². The van der Waals surface area contributed by atoms with Gasteiger partial charge in [-0.15, -0.1) is 11.3 Å². The molecule has 0 radical (unpaired) electrons. The van der Waals surface area contributed by atoms with E-state index in [1.807, 2.05) is 30.3 Å². The molecule has 2 amide bonds. The summed E-state index contributed by atoms with van der Waals surface area (Å²) in [6.45, 7) is 9.78. The molecule has 0 fully saturated rings. The minimum atomic E-state index is -1.16. The molecule has 4 rings (SSSR count). The number of carbonyl (C=O) groups excluding carboxylic acids is 2. The smallest absolute Gasteiger partial charge is 0.322 e. The van der Waals surface area contributed by atoms with Crippen molar-refractivity contribution < 1.29 is 19.5 Å². The van der Waals surface area contributed by atoms with Crippen molar-refractivity contribution in [2.75, 3.05) is 6.54 Å². The van der Waals surface area contributed by atoms with Crippen LogP contribution in [0, 0.1) is 13.8 Å². The SMILES string of the molecule is Cc1cc(C)cc(-c2cnc(-c3ccc(CC(NC(=O)c4ccc(C(C)(C)C)s4)C(=O)NCC(=O)O)cc3)nc2)c1. The van der Waals surface area contributed by atoms with E-state index in [0.717, 1.165) is 27.1 Å². The number of amides is 2. The normalized spacial score (nSPS) is 12.0. The predicted octanol–water partition coefficient (Wildman–Crippen LogP) is 5.33. The fourth-order valence-corrected chi connectivity index (χ4v) is 5.35. The Balaban J connectivity index is 1.49. The Hall–Kier alpha value is -4.37. The summed E-state index contributed by atoms with van der Waals surface area (Å²) in [5.74, 6) is -1.54. The summed E-state index contributed by atoms with van der Waals surface area (Å²) in [5.41, 5.74) is 5.85. The number of thiophene rings is 1. The van der Waals surface area contributed by atoms with Gasteiger partial charge in [0, 0.05) is 34.8 Å². The van der Waals surface area contributed by atoms with E-state index in [-0.39, 0.29) is 17.7 Å². The van der Waals surface area contributed by atoms with Crippen LogP contribution in [0.4, 0.5) is 0 Å². The lowest BCUT2D eigenvalue weighted by Crippen LogP contribution is -2.49. The number of carboxylic acid groups (broad SMARTS) is 1. The maximum atomic E-state index is 13.0. The zero-order valence-electron chi connectivity index (χ0n) is 23.8. The van der Waals surface area contributed by atoms with E-state index in [1.54, 1.807) is 18.5 Å². The van der Waals surface area contributed by atoms with E-state index in [0.29, 0.717) is 10.7 Å². The number of carboxylic acids is 1. The van der Waals surface area contributed by atoms with Crippen LogP contribution in [0.5, 0.6) is 0 Å². The molecule has 41 heavy (non-hydrogen) atoms. The van der Waals surface area contributed by atoms with Crippen LogP contribution in [0.3, 0.4) is 0 Å². The van der Waals surface area contributed by atoms with Crippen LogP contribution in [0.1, 0.15) is 52.0 Å². The summed E-state index contributed by atoms with van der Waals surface area (Å²) in [6, 6.07) is 16.5. The van der Waals surface area contributed by atoms with Crippen molar-refractivity contribution in [3.05, 3.63) is 93.4 Å². The van der Waals surface area contributed by atoms with Gasteiger partial charge < -0.3 is 15.7 Å². The number of hydrogen-bond donors (Lipinski definition) is 3. The first-order chi connectivity index (χ1) is 19.4. The van der Waals surface area contributed by atoms with Crippen molar-refractivity contribution in [1.29, 1.82) is 0 Å². The second-order valence-corrected chi connectivity index (χ2v) is 12.2. The van der Waals surface area contributed by atoms with E-state index in [9.17, 15) is 14.4 Å². The maximum Gasteiger partial charge on any atom is 0.322 e. The largest absolute Gasteiger partial charge is 0.480 e. The summed E-state index contributed by atoms with van der Waals surface area (Å²) >= 11 is 1.37. The minimum Gasteiger partial charge on any atom is -0.480 e. The number of carbonyl (C=O) groups is 3. The molecule has 0 saturated heterocycles. The van der Waals surface area contributed by atoms with E-state index < -0.39 is 24.5 Å². The van der Waals surface area contributed by atoms with Gasteiger partial charge in [-0.25, -0.2) is 9.97 Å². The number of nitrogens with zero attached hydrogens (tertiary/aromatic N) is 2. The molecule has 3 N–H and O–H groups in total. The van der Waals surface area contributed by atoms with Gasteiger partial charge in [-0.2, -0.15) is 0 Å². The van der Waals surface area contributed by atoms with Crippen molar-refractivity contribution in [2.45, 2.75) is 52.5 Å². The second kappa shape index (κ2) is 12.4. The molecular formula is C32H34N4O4S. The Bertz CT molecular complexity index is 1530. The summed E-state index contributed by atoms with van der Waals surface area (Å²) in [6.07, 6.45) is 3.79. The van der Waals surface area contributed by atoms with E-state index in [2.05, 4.69) is 73.4 Å². The Kier molecular flexibility index (Phi) is 8.98. The van der Waals surface area contributed by atoms with Crippen molar-refractivity contribution in [2.24, 2.45) is 0 Å². The topological polar surface area (TPSA) is 121 Å². The summed E-state index contributed by atoms with van der Waals surface area (Å²) < 4.78 is 0. The fourth-order valence-electron chi connectivity index (χ4n) is 4.38. The van der Waals surface area contributed by atoms with Crippen LogP contribution < -0.4 is 10.6 Å². The lowest BCUT2D eigenvalue weighted by atomic mass is 9.95. The first-order valence-electron chi connectivity index (χ1n) is 13.3. The molecular weight excluding hydrogens is 536 g/mol. The second-order valence-electron chi connectivity index (χ2n) is 11.1. The van der Waals surface area contributed by atoms with Gasteiger partial charge in [0.25, 0.3) is 5.91 Å². The number of nitrogens with one attached hydrogen (secondary N) is 2. The average Bonchev–Trinajstić information content (AvgIpc) is 3.43. The molecule has 8 nitrogen and oxygen atoms in total. The minimum absolute atomic E-state index is 0.104. The van der Waals surface area contributed by atoms with Crippen LogP contribution >= 0.6 is 11.3 Å². The molecule has 0 bridgehead atoms. The molecule has 4 aromatic rings. The van der Waals surface area contributed by atoms with Crippen molar-refractivity contribution in [1.82, 2.24) is 20.6 Å². The molecule has 0 aliphatic carbocycles.